The summed E-state index contributed by atoms with van der Waals surface area (Å²) in [6.45, 7) is 1.94. The van der Waals surface area contributed by atoms with E-state index in [0.717, 1.165) is 36.8 Å². The first-order valence-corrected chi connectivity index (χ1v) is 7.44. The number of hydrogen-bond acceptors (Lipinski definition) is 2. The molecule has 21 heavy (non-hydrogen) atoms. The number of halogens is 1. The van der Waals surface area contributed by atoms with E-state index in [1.165, 1.54) is 11.6 Å². The molecule has 2 aromatic rings. The van der Waals surface area contributed by atoms with Gasteiger partial charge in [0.2, 0.25) is 0 Å². The van der Waals surface area contributed by atoms with Crippen LogP contribution in [0.3, 0.4) is 0 Å². The monoisotopic (exact) mass is 286 g/mol. The normalized spacial score (nSPS) is 12.3. The highest BCUT2D eigenvalue weighted by molar-refractivity contribution is 5.27. The Bertz CT molecular complexity index is 554. The Morgan fingerprint density at radius 1 is 1.14 bits per heavy atom. The highest BCUT2D eigenvalue weighted by Crippen LogP contribution is 2.15. The molecule has 0 saturated carbocycles. The average molecular weight is 286 g/mol. The van der Waals surface area contributed by atoms with Crippen LogP contribution in [-0.2, 0) is 12.8 Å². The third-order valence-corrected chi connectivity index (χ3v) is 3.87. The number of aryl methyl sites for hydroxylation is 2. The van der Waals surface area contributed by atoms with E-state index in [1.807, 2.05) is 19.1 Å². The van der Waals surface area contributed by atoms with Gasteiger partial charge in [-0.25, -0.2) is 4.39 Å². The van der Waals surface area contributed by atoms with Crippen LogP contribution in [0.15, 0.2) is 48.5 Å². The minimum absolute atomic E-state index is 0.183. The van der Waals surface area contributed by atoms with Gasteiger partial charge in [-0.05, 0) is 61.4 Å². The van der Waals surface area contributed by atoms with Crippen LogP contribution >= 0.6 is 0 Å². The van der Waals surface area contributed by atoms with Gasteiger partial charge in [-0.3, -0.25) is 11.3 Å². The van der Waals surface area contributed by atoms with Crippen LogP contribution in [0.2, 0.25) is 0 Å². The second-order valence-electron chi connectivity index (χ2n) is 5.52. The van der Waals surface area contributed by atoms with Crippen molar-refractivity contribution in [3.8, 4) is 0 Å². The first-order valence-electron chi connectivity index (χ1n) is 7.44. The fraction of sp³-hybridized carbons (Fsp3) is 0.333. The summed E-state index contributed by atoms with van der Waals surface area (Å²) in [4.78, 5) is 0. The maximum Gasteiger partial charge on any atom is 0.123 e. The lowest BCUT2D eigenvalue weighted by atomic mass is 9.97. The van der Waals surface area contributed by atoms with Gasteiger partial charge in [0.15, 0.2) is 0 Å². The Balaban J connectivity index is 1.85. The van der Waals surface area contributed by atoms with Crippen LogP contribution in [0.5, 0.6) is 0 Å². The largest absolute Gasteiger partial charge is 0.271 e. The van der Waals surface area contributed by atoms with Gasteiger partial charge in [0.05, 0.1) is 0 Å². The predicted octanol–water partition coefficient (Wildman–Crippen LogP) is 3.53. The highest BCUT2D eigenvalue weighted by Gasteiger charge is 2.10. The van der Waals surface area contributed by atoms with E-state index in [1.54, 1.807) is 6.07 Å². The Morgan fingerprint density at radius 2 is 1.90 bits per heavy atom. The average Bonchev–Trinajstić information content (AvgIpc) is 2.49. The first kappa shape index (κ1) is 15.7. The SMILES string of the molecule is Cc1cc(F)ccc1CC(CCCc1ccccc1)NN. The zero-order valence-electron chi connectivity index (χ0n) is 12.5. The minimum Gasteiger partial charge on any atom is -0.271 e. The third kappa shape index (κ3) is 4.96. The molecule has 2 rings (SSSR count). The quantitative estimate of drug-likeness (QED) is 0.603. The zero-order chi connectivity index (χ0) is 15.1. The van der Waals surface area contributed by atoms with Crippen molar-refractivity contribution in [2.75, 3.05) is 0 Å². The van der Waals surface area contributed by atoms with Crippen molar-refractivity contribution < 1.29 is 4.39 Å². The van der Waals surface area contributed by atoms with E-state index in [2.05, 4.69) is 29.7 Å². The molecule has 3 heteroatoms. The summed E-state index contributed by atoms with van der Waals surface area (Å²) < 4.78 is 13.1. The lowest BCUT2D eigenvalue weighted by Crippen LogP contribution is -2.37. The third-order valence-electron chi connectivity index (χ3n) is 3.87. The summed E-state index contributed by atoms with van der Waals surface area (Å²) in [6.07, 6.45) is 3.97. The number of rotatable bonds is 7. The Hall–Kier alpha value is -1.71. The van der Waals surface area contributed by atoms with Crippen LogP contribution in [0.4, 0.5) is 4.39 Å². The van der Waals surface area contributed by atoms with Gasteiger partial charge < -0.3 is 0 Å². The van der Waals surface area contributed by atoms with Crippen LogP contribution < -0.4 is 11.3 Å². The van der Waals surface area contributed by atoms with Gasteiger partial charge in [-0.15, -0.1) is 0 Å². The molecule has 1 unspecified atom stereocenters. The predicted molar refractivity (Wildman–Crippen MR) is 85.3 cm³/mol. The molecule has 0 aliphatic rings. The van der Waals surface area contributed by atoms with Gasteiger partial charge in [0.1, 0.15) is 5.82 Å². The molecule has 2 aromatic carbocycles. The van der Waals surface area contributed by atoms with E-state index in [0.29, 0.717) is 0 Å². The molecule has 0 aliphatic heterocycles. The van der Waals surface area contributed by atoms with Gasteiger partial charge in [-0.1, -0.05) is 36.4 Å². The molecule has 0 amide bonds. The Morgan fingerprint density at radius 3 is 2.57 bits per heavy atom. The standard InChI is InChI=1S/C18H23FN2/c1-14-12-17(19)11-10-16(14)13-18(21-20)9-5-8-15-6-3-2-4-7-15/h2-4,6-7,10-12,18,21H,5,8-9,13,20H2,1H3. The Kier molecular flexibility index (Phi) is 5.90. The maximum atomic E-state index is 13.1. The lowest BCUT2D eigenvalue weighted by molar-refractivity contribution is 0.475. The summed E-state index contributed by atoms with van der Waals surface area (Å²) in [5.74, 6) is 5.47. The van der Waals surface area contributed by atoms with Gasteiger partial charge in [0, 0.05) is 6.04 Å². The van der Waals surface area contributed by atoms with Crippen LogP contribution in [0, 0.1) is 12.7 Å². The minimum atomic E-state index is -0.183. The number of benzene rings is 2. The molecule has 0 fully saturated rings. The van der Waals surface area contributed by atoms with Crippen molar-refractivity contribution in [1.29, 1.82) is 0 Å². The highest BCUT2D eigenvalue weighted by atomic mass is 19.1. The summed E-state index contributed by atoms with van der Waals surface area (Å²) in [6, 6.07) is 15.6. The summed E-state index contributed by atoms with van der Waals surface area (Å²) >= 11 is 0. The van der Waals surface area contributed by atoms with Crippen LogP contribution in [0.1, 0.15) is 29.5 Å². The molecule has 112 valence electrons. The summed E-state index contributed by atoms with van der Waals surface area (Å²) in [5, 5.41) is 0. The van der Waals surface area contributed by atoms with Gasteiger partial charge in [-0.2, -0.15) is 0 Å². The first-order chi connectivity index (χ1) is 10.2. The molecule has 3 N–H and O–H groups in total. The molecule has 0 bridgehead atoms. The fourth-order valence-corrected chi connectivity index (χ4v) is 2.60. The van der Waals surface area contributed by atoms with Crippen molar-refractivity contribution in [3.05, 3.63) is 71.0 Å². The van der Waals surface area contributed by atoms with E-state index < -0.39 is 0 Å². The molecule has 0 aromatic heterocycles. The number of hydrazine groups is 1. The van der Waals surface area contributed by atoms with E-state index >= 15 is 0 Å². The van der Waals surface area contributed by atoms with E-state index in [4.69, 9.17) is 5.84 Å². The molecular weight excluding hydrogens is 263 g/mol. The van der Waals surface area contributed by atoms with Gasteiger partial charge in [0.25, 0.3) is 0 Å². The van der Waals surface area contributed by atoms with Crippen molar-refractivity contribution in [3.63, 3.8) is 0 Å². The molecule has 0 spiro atoms. The summed E-state index contributed by atoms with van der Waals surface area (Å²) in [7, 11) is 0. The van der Waals surface area contributed by atoms with Crippen molar-refractivity contribution in [2.45, 2.75) is 38.6 Å². The molecule has 1 atom stereocenters. The van der Waals surface area contributed by atoms with Crippen molar-refractivity contribution in [2.24, 2.45) is 5.84 Å². The van der Waals surface area contributed by atoms with Crippen molar-refractivity contribution >= 4 is 0 Å². The van der Waals surface area contributed by atoms with E-state index in [9.17, 15) is 4.39 Å². The topological polar surface area (TPSA) is 38.0 Å². The second kappa shape index (κ2) is 7.91. The molecular formula is C18H23FN2. The summed E-state index contributed by atoms with van der Waals surface area (Å²) in [5.41, 5.74) is 6.37. The molecule has 0 heterocycles. The molecule has 0 aliphatic carbocycles. The van der Waals surface area contributed by atoms with Crippen LogP contribution in [0.25, 0.3) is 0 Å². The smallest absolute Gasteiger partial charge is 0.123 e. The second-order valence-corrected chi connectivity index (χ2v) is 5.52. The van der Waals surface area contributed by atoms with Crippen molar-refractivity contribution in [1.82, 2.24) is 5.43 Å². The van der Waals surface area contributed by atoms with E-state index in [-0.39, 0.29) is 11.9 Å². The lowest BCUT2D eigenvalue weighted by Gasteiger charge is -2.17. The zero-order valence-corrected chi connectivity index (χ0v) is 12.5. The van der Waals surface area contributed by atoms with Crippen LogP contribution in [-0.4, -0.2) is 6.04 Å². The number of hydrogen-bond donors (Lipinski definition) is 2. The maximum absolute atomic E-state index is 13.1. The molecule has 2 nitrogen and oxygen atoms in total. The molecule has 0 saturated heterocycles. The van der Waals surface area contributed by atoms with Gasteiger partial charge >= 0.3 is 0 Å². The Labute approximate surface area is 126 Å². The number of nitrogens with one attached hydrogen (secondary N) is 1. The number of nitrogens with two attached hydrogens (primary N) is 1. The molecule has 0 radical (unpaired) electrons. The fourth-order valence-electron chi connectivity index (χ4n) is 2.60.